The zero-order chi connectivity index (χ0) is 19.4. The minimum absolute atomic E-state index is 0.140. The van der Waals surface area contributed by atoms with Crippen LogP contribution in [0.4, 0.5) is 9.52 Å². The molecule has 3 aromatic rings. The van der Waals surface area contributed by atoms with Crippen LogP contribution in [0, 0.1) is 12.7 Å². The number of quaternary nitrogens is 1. The molecular formula is C21H25FN3OS+. The number of amides is 1. The van der Waals surface area contributed by atoms with Crippen molar-refractivity contribution >= 4 is 32.6 Å². The topological polar surface area (TPSA) is 37.6 Å². The Bertz CT molecular complexity index is 919. The van der Waals surface area contributed by atoms with Gasteiger partial charge in [0.2, 0.25) is 0 Å². The summed E-state index contributed by atoms with van der Waals surface area (Å²) in [6.07, 6.45) is 0. The van der Waals surface area contributed by atoms with Gasteiger partial charge < -0.3 is 4.90 Å². The van der Waals surface area contributed by atoms with Crippen LogP contribution in [-0.2, 0) is 0 Å². The van der Waals surface area contributed by atoms with E-state index in [0.29, 0.717) is 17.2 Å². The Kier molecular flexibility index (Phi) is 6.19. The van der Waals surface area contributed by atoms with Crippen LogP contribution in [0.2, 0.25) is 0 Å². The molecule has 0 aliphatic carbocycles. The summed E-state index contributed by atoms with van der Waals surface area (Å²) < 4.78 is 14.3. The number of aryl methyl sites for hydroxylation is 1. The first kappa shape index (κ1) is 19.5. The maximum absolute atomic E-state index is 13.3. The highest BCUT2D eigenvalue weighted by molar-refractivity contribution is 7.22. The number of nitrogens with one attached hydrogen (secondary N) is 1. The number of para-hydroxylation sites is 1. The number of carbonyl (C=O) groups excluding carboxylic acids is 1. The molecule has 1 N–H and O–H groups in total. The van der Waals surface area contributed by atoms with Gasteiger partial charge in [-0.1, -0.05) is 23.5 Å². The Balaban J connectivity index is 1.96. The first-order chi connectivity index (χ1) is 13.0. The van der Waals surface area contributed by atoms with Crippen molar-refractivity contribution in [3.8, 4) is 0 Å². The quantitative estimate of drug-likeness (QED) is 0.676. The monoisotopic (exact) mass is 386 g/mol. The SMILES string of the molecule is CC[NH+](CC)CCN(C(=O)c1ccc(F)cc1)c1nc2c(C)cccc2s1. The Morgan fingerprint density at radius 2 is 1.85 bits per heavy atom. The van der Waals surface area contributed by atoms with E-state index in [2.05, 4.69) is 13.8 Å². The second-order valence-electron chi connectivity index (χ2n) is 6.59. The highest BCUT2D eigenvalue weighted by atomic mass is 32.1. The number of fused-ring (bicyclic) bond motifs is 1. The lowest BCUT2D eigenvalue weighted by Gasteiger charge is -2.23. The molecule has 0 radical (unpaired) electrons. The van der Waals surface area contributed by atoms with E-state index in [1.807, 2.05) is 25.1 Å². The molecule has 4 nitrogen and oxygen atoms in total. The minimum atomic E-state index is -0.346. The Morgan fingerprint density at radius 3 is 2.48 bits per heavy atom. The molecule has 3 rings (SSSR count). The fourth-order valence-corrected chi connectivity index (χ4v) is 4.16. The molecule has 1 aromatic heterocycles. The summed E-state index contributed by atoms with van der Waals surface area (Å²) in [6, 6.07) is 11.8. The summed E-state index contributed by atoms with van der Waals surface area (Å²) in [5, 5.41) is 0.695. The summed E-state index contributed by atoms with van der Waals surface area (Å²) in [6.45, 7) is 9.75. The van der Waals surface area contributed by atoms with Crippen LogP contribution in [0.5, 0.6) is 0 Å². The average Bonchev–Trinajstić information content (AvgIpc) is 3.11. The van der Waals surface area contributed by atoms with E-state index in [1.165, 1.54) is 40.5 Å². The van der Waals surface area contributed by atoms with Crippen molar-refractivity contribution in [2.45, 2.75) is 20.8 Å². The van der Waals surface area contributed by atoms with E-state index in [4.69, 9.17) is 4.98 Å². The predicted octanol–water partition coefficient (Wildman–Crippen LogP) is 3.32. The molecule has 0 aliphatic rings. The van der Waals surface area contributed by atoms with Gasteiger partial charge >= 0.3 is 0 Å². The van der Waals surface area contributed by atoms with Crippen LogP contribution in [-0.4, -0.2) is 37.1 Å². The molecule has 0 aliphatic heterocycles. The second kappa shape index (κ2) is 8.59. The molecule has 0 fully saturated rings. The molecule has 2 aromatic carbocycles. The summed E-state index contributed by atoms with van der Waals surface area (Å²) in [5.74, 6) is -0.487. The molecule has 0 saturated carbocycles. The van der Waals surface area contributed by atoms with Crippen LogP contribution >= 0.6 is 11.3 Å². The highest BCUT2D eigenvalue weighted by Crippen LogP contribution is 2.31. The molecule has 0 unspecified atom stereocenters. The van der Waals surface area contributed by atoms with Gasteiger partial charge in [0.1, 0.15) is 5.82 Å². The van der Waals surface area contributed by atoms with Gasteiger partial charge in [0.15, 0.2) is 5.13 Å². The van der Waals surface area contributed by atoms with Gasteiger partial charge in [-0.25, -0.2) is 9.37 Å². The smallest absolute Gasteiger partial charge is 0.260 e. The van der Waals surface area contributed by atoms with E-state index in [9.17, 15) is 9.18 Å². The predicted molar refractivity (Wildman–Crippen MR) is 109 cm³/mol. The molecule has 142 valence electrons. The van der Waals surface area contributed by atoms with Crippen LogP contribution in [0.3, 0.4) is 0 Å². The number of rotatable bonds is 7. The third-order valence-corrected chi connectivity index (χ3v) is 5.91. The van der Waals surface area contributed by atoms with Crippen molar-refractivity contribution in [2.24, 2.45) is 0 Å². The Labute approximate surface area is 163 Å². The van der Waals surface area contributed by atoms with Gasteiger partial charge in [0.25, 0.3) is 5.91 Å². The number of benzene rings is 2. The lowest BCUT2D eigenvalue weighted by Crippen LogP contribution is -3.12. The van der Waals surface area contributed by atoms with Gasteiger partial charge in [-0.15, -0.1) is 0 Å². The summed E-state index contributed by atoms with van der Waals surface area (Å²) in [4.78, 5) is 21.1. The van der Waals surface area contributed by atoms with Crippen molar-refractivity contribution in [1.29, 1.82) is 0 Å². The van der Waals surface area contributed by atoms with E-state index >= 15 is 0 Å². The molecule has 0 spiro atoms. The molecule has 0 saturated heterocycles. The van der Waals surface area contributed by atoms with Gasteiger partial charge in [-0.3, -0.25) is 9.69 Å². The molecule has 0 bridgehead atoms. The van der Waals surface area contributed by atoms with Crippen molar-refractivity contribution in [3.05, 3.63) is 59.4 Å². The molecule has 27 heavy (non-hydrogen) atoms. The lowest BCUT2D eigenvalue weighted by atomic mass is 10.2. The molecule has 1 heterocycles. The maximum atomic E-state index is 13.3. The third kappa shape index (κ3) is 4.34. The van der Waals surface area contributed by atoms with Crippen LogP contribution in [0.25, 0.3) is 10.2 Å². The standard InChI is InChI=1S/C21H24FN3OS/c1-4-24(5-2)13-14-25(20(26)16-9-11-17(22)12-10-16)21-23-19-15(3)7-6-8-18(19)27-21/h6-12H,4-5,13-14H2,1-3H3/p+1. The first-order valence-electron chi connectivity index (χ1n) is 9.30. The number of hydrogen-bond acceptors (Lipinski definition) is 3. The molecule has 0 atom stereocenters. The molecule has 6 heteroatoms. The normalized spacial score (nSPS) is 11.3. The zero-order valence-corrected chi connectivity index (χ0v) is 16.8. The summed E-state index contributed by atoms with van der Waals surface area (Å²) in [5.41, 5.74) is 2.50. The van der Waals surface area contributed by atoms with E-state index in [0.717, 1.165) is 35.4 Å². The van der Waals surface area contributed by atoms with Crippen LogP contribution in [0.15, 0.2) is 42.5 Å². The molecular weight excluding hydrogens is 361 g/mol. The number of anilines is 1. The van der Waals surface area contributed by atoms with Crippen LogP contribution in [0.1, 0.15) is 29.8 Å². The minimum Gasteiger partial charge on any atom is -0.334 e. The Morgan fingerprint density at radius 1 is 1.15 bits per heavy atom. The fourth-order valence-electron chi connectivity index (χ4n) is 3.10. The first-order valence-corrected chi connectivity index (χ1v) is 10.1. The van der Waals surface area contributed by atoms with Gasteiger partial charge in [-0.2, -0.15) is 0 Å². The lowest BCUT2D eigenvalue weighted by molar-refractivity contribution is -0.894. The number of aromatic nitrogens is 1. The average molecular weight is 387 g/mol. The van der Waals surface area contributed by atoms with Gasteiger partial charge in [0.05, 0.1) is 36.4 Å². The maximum Gasteiger partial charge on any atom is 0.260 e. The zero-order valence-electron chi connectivity index (χ0n) is 16.0. The number of carbonyl (C=O) groups is 1. The number of thiazole rings is 1. The van der Waals surface area contributed by atoms with Crippen molar-refractivity contribution in [3.63, 3.8) is 0 Å². The van der Waals surface area contributed by atoms with E-state index < -0.39 is 0 Å². The summed E-state index contributed by atoms with van der Waals surface area (Å²) in [7, 11) is 0. The van der Waals surface area contributed by atoms with E-state index in [-0.39, 0.29) is 11.7 Å². The number of hydrogen-bond donors (Lipinski definition) is 1. The Hall–Kier alpha value is -2.31. The van der Waals surface area contributed by atoms with E-state index in [1.54, 1.807) is 4.90 Å². The van der Waals surface area contributed by atoms with Gasteiger partial charge in [-0.05, 0) is 56.7 Å². The van der Waals surface area contributed by atoms with Crippen molar-refractivity contribution in [2.75, 3.05) is 31.1 Å². The van der Waals surface area contributed by atoms with Crippen molar-refractivity contribution in [1.82, 2.24) is 4.98 Å². The fraction of sp³-hybridized carbons (Fsp3) is 0.333. The number of nitrogens with zero attached hydrogens (tertiary/aromatic N) is 2. The number of likely N-dealkylation sites (N-methyl/N-ethyl adjacent to an activating group) is 1. The highest BCUT2D eigenvalue weighted by Gasteiger charge is 2.23. The second-order valence-corrected chi connectivity index (χ2v) is 7.60. The summed E-state index contributed by atoms with van der Waals surface area (Å²) >= 11 is 1.52. The van der Waals surface area contributed by atoms with Crippen molar-refractivity contribution < 1.29 is 14.1 Å². The van der Waals surface area contributed by atoms with Crippen LogP contribution < -0.4 is 9.80 Å². The molecule has 1 amide bonds. The van der Waals surface area contributed by atoms with Gasteiger partial charge in [0, 0.05) is 5.56 Å². The third-order valence-electron chi connectivity index (χ3n) is 4.87. The number of halogens is 1. The largest absolute Gasteiger partial charge is 0.334 e.